The van der Waals surface area contributed by atoms with Crippen molar-refractivity contribution in [2.45, 2.75) is 6.54 Å². The van der Waals surface area contributed by atoms with Crippen LogP contribution in [0.4, 0.5) is 0 Å². The number of carbonyl (C=O) groups excluding carboxylic acids is 2. The van der Waals surface area contributed by atoms with Crippen molar-refractivity contribution in [2.24, 2.45) is 5.73 Å². The van der Waals surface area contributed by atoms with Gasteiger partial charge in [0.25, 0.3) is 5.91 Å². The van der Waals surface area contributed by atoms with Gasteiger partial charge in [-0.05, 0) is 54.1 Å². The van der Waals surface area contributed by atoms with Gasteiger partial charge in [-0.1, -0.05) is 28.1 Å². The number of halogens is 1. The molecule has 0 bridgehead atoms. The minimum absolute atomic E-state index is 0.224. The fraction of sp³-hybridized carbons (Fsp3) is 0.0500. The van der Waals surface area contributed by atoms with E-state index in [1.165, 1.54) is 0 Å². The zero-order valence-corrected chi connectivity index (χ0v) is 15.8. The number of nitrogens with two attached hydrogens (primary N) is 1. The summed E-state index contributed by atoms with van der Waals surface area (Å²) < 4.78 is 6.66. The van der Waals surface area contributed by atoms with E-state index in [4.69, 9.17) is 10.5 Å². The highest BCUT2D eigenvalue weighted by atomic mass is 79.9. The smallest absolute Gasteiger partial charge is 0.257 e. The van der Waals surface area contributed by atoms with Crippen LogP contribution in [0.15, 0.2) is 71.3 Å². The van der Waals surface area contributed by atoms with Crippen molar-refractivity contribution in [1.29, 1.82) is 0 Å². The predicted molar refractivity (Wildman–Crippen MR) is 105 cm³/mol. The van der Waals surface area contributed by atoms with Crippen LogP contribution >= 0.6 is 15.9 Å². The lowest BCUT2D eigenvalue weighted by Crippen LogP contribution is -2.23. The van der Waals surface area contributed by atoms with E-state index in [1.807, 2.05) is 12.1 Å². The second kappa shape index (κ2) is 8.46. The lowest BCUT2D eigenvalue weighted by Gasteiger charge is -2.10. The summed E-state index contributed by atoms with van der Waals surface area (Å²) in [6, 6.07) is 17.3. The average molecular weight is 426 g/mol. The molecule has 1 heterocycles. The number of primary amides is 1. The minimum Gasteiger partial charge on any atom is -0.438 e. The minimum atomic E-state index is -0.490. The van der Waals surface area contributed by atoms with Gasteiger partial charge < -0.3 is 15.8 Å². The van der Waals surface area contributed by atoms with Crippen molar-refractivity contribution < 1.29 is 14.3 Å². The molecule has 0 aliphatic carbocycles. The Labute approximate surface area is 164 Å². The summed E-state index contributed by atoms with van der Waals surface area (Å²) >= 11 is 3.36. The quantitative estimate of drug-likeness (QED) is 0.629. The van der Waals surface area contributed by atoms with Crippen LogP contribution in [-0.2, 0) is 6.54 Å². The summed E-state index contributed by atoms with van der Waals surface area (Å²) in [6.45, 7) is 0.296. The van der Waals surface area contributed by atoms with Crippen molar-refractivity contribution in [3.63, 3.8) is 0 Å². The Morgan fingerprint density at radius 2 is 1.74 bits per heavy atom. The maximum absolute atomic E-state index is 12.5. The van der Waals surface area contributed by atoms with E-state index in [1.54, 1.807) is 54.7 Å². The Kier molecular flexibility index (Phi) is 5.83. The number of hydrogen-bond donors (Lipinski definition) is 2. The van der Waals surface area contributed by atoms with Crippen LogP contribution in [0.25, 0.3) is 0 Å². The fourth-order valence-corrected chi connectivity index (χ4v) is 2.59. The Balaban J connectivity index is 1.69. The van der Waals surface area contributed by atoms with E-state index < -0.39 is 5.91 Å². The largest absolute Gasteiger partial charge is 0.438 e. The Morgan fingerprint density at radius 3 is 2.41 bits per heavy atom. The van der Waals surface area contributed by atoms with Gasteiger partial charge in [0.1, 0.15) is 11.3 Å². The normalized spacial score (nSPS) is 10.3. The van der Waals surface area contributed by atoms with Gasteiger partial charge in [-0.2, -0.15) is 0 Å². The molecular formula is C20H16BrN3O3. The standard InChI is InChI=1S/C20H16BrN3O3/c21-15-7-9-16(10-8-15)27-20-17(2-1-11-23-20)19(26)24-12-13-3-5-14(6-4-13)18(22)25/h1-11H,12H2,(H2,22,25)(H,24,26). The van der Waals surface area contributed by atoms with Crippen LogP contribution < -0.4 is 15.8 Å². The zero-order valence-electron chi connectivity index (χ0n) is 14.2. The van der Waals surface area contributed by atoms with Gasteiger partial charge in [0, 0.05) is 22.8 Å². The highest BCUT2D eigenvalue weighted by Gasteiger charge is 2.14. The van der Waals surface area contributed by atoms with Gasteiger partial charge in [-0.25, -0.2) is 4.98 Å². The molecule has 0 unspecified atom stereocenters. The number of carbonyl (C=O) groups is 2. The molecule has 0 radical (unpaired) electrons. The molecule has 0 saturated heterocycles. The first-order valence-electron chi connectivity index (χ1n) is 8.08. The first kappa shape index (κ1) is 18.6. The maximum Gasteiger partial charge on any atom is 0.257 e. The first-order chi connectivity index (χ1) is 13.0. The van der Waals surface area contributed by atoms with E-state index in [0.29, 0.717) is 23.4 Å². The number of nitrogens with one attached hydrogen (secondary N) is 1. The third kappa shape index (κ3) is 4.92. The second-order valence-electron chi connectivity index (χ2n) is 5.66. The van der Waals surface area contributed by atoms with Gasteiger partial charge >= 0.3 is 0 Å². The molecule has 2 amide bonds. The molecule has 0 saturated carbocycles. The van der Waals surface area contributed by atoms with Gasteiger partial charge in [-0.3, -0.25) is 9.59 Å². The SMILES string of the molecule is NC(=O)c1ccc(CNC(=O)c2cccnc2Oc2ccc(Br)cc2)cc1. The van der Waals surface area contributed by atoms with Gasteiger partial charge in [-0.15, -0.1) is 0 Å². The summed E-state index contributed by atoms with van der Waals surface area (Å²) in [5.74, 6) is -0.000688. The van der Waals surface area contributed by atoms with Crippen LogP contribution in [0.1, 0.15) is 26.3 Å². The molecule has 0 aliphatic rings. The summed E-state index contributed by atoms with van der Waals surface area (Å²) in [5.41, 5.74) is 6.81. The van der Waals surface area contributed by atoms with Crippen molar-refractivity contribution in [3.8, 4) is 11.6 Å². The van der Waals surface area contributed by atoms with Crippen molar-refractivity contribution in [2.75, 3.05) is 0 Å². The van der Waals surface area contributed by atoms with Gasteiger partial charge in [0.15, 0.2) is 0 Å². The van der Waals surface area contributed by atoms with Crippen LogP contribution in [-0.4, -0.2) is 16.8 Å². The molecule has 136 valence electrons. The molecule has 6 nitrogen and oxygen atoms in total. The first-order valence-corrected chi connectivity index (χ1v) is 8.87. The van der Waals surface area contributed by atoms with Crippen LogP contribution in [0.5, 0.6) is 11.6 Å². The van der Waals surface area contributed by atoms with E-state index in [-0.39, 0.29) is 11.8 Å². The topological polar surface area (TPSA) is 94.3 Å². The van der Waals surface area contributed by atoms with Gasteiger partial charge in [0.05, 0.1) is 0 Å². The number of aromatic nitrogens is 1. The van der Waals surface area contributed by atoms with E-state index in [2.05, 4.69) is 26.2 Å². The maximum atomic E-state index is 12.5. The highest BCUT2D eigenvalue weighted by Crippen LogP contribution is 2.24. The molecule has 0 atom stereocenters. The highest BCUT2D eigenvalue weighted by molar-refractivity contribution is 9.10. The summed E-state index contributed by atoms with van der Waals surface area (Å²) in [7, 11) is 0. The Morgan fingerprint density at radius 1 is 1.04 bits per heavy atom. The monoisotopic (exact) mass is 425 g/mol. The fourth-order valence-electron chi connectivity index (χ4n) is 2.32. The van der Waals surface area contributed by atoms with E-state index >= 15 is 0 Å². The van der Waals surface area contributed by atoms with Crippen molar-refractivity contribution in [1.82, 2.24) is 10.3 Å². The molecule has 3 rings (SSSR count). The molecule has 2 aromatic carbocycles. The molecule has 3 aromatic rings. The summed E-state index contributed by atoms with van der Waals surface area (Å²) in [6.07, 6.45) is 1.56. The van der Waals surface area contributed by atoms with Gasteiger partial charge in [0.2, 0.25) is 11.8 Å². The lowest BCUT2D eigenvalue weighted by molar-refractivity contribution is 0.0946. The van der Waals surface area contributed by atoms with Crippen LogP contribution in [0.2, 0.25) is 0 Å². The zero-order chi connectivity index (χ0) is 19.2. The average Bonchev–Trinajstić information content (AvgIpc) is 2.68. The summed E-state index contributed by atoms with van der Waals surface area (Å²) in [5, 5.41) is 2.82. The Bertz CT molecular complexity index is 957. The van der Waals surface area contributed by atoms with Crippen molar-refractivity contribution in [3.05, 3.63) is 88.0 Å². The molecule has 1 aromatic heterocycles. The number of rotatable bonds is 6. The lowest BCUT2D eigenvalue weighted by atomic mass is 10.1. The Hall–Kier alpha value is -3.19. The molecule has 0 spiro atoms. The van der Waals surface area contributed by atoms with Crippen LogP contribution in [0, 0.1) is 0 Å². The number of amides is 2. The molecular weight excluding hydrogens is 410 g/mol. The van der Waals surface area contributed by atoms with E-state index in [9.17, 15) is 9.59 Å². The van der Waals surface area contributed by atoms with Crippen molar-refractivity contribution >= 4 is 27.7 Å². The number of hydrogen-bond acceptors (Lipinski definition) is 4. The third-order valence-electron chi connectivity index (χ3n) is 3.74. The molecule has 0 fully saturated rings. The van der Waals surface area contributed by atoms with E-state index in [0.717, 1.165) is 10.0 Å². The predicted octanol–water partition coefficient (Wildman–Crippen LogP) is 3.67. The molecule has 3 N–H and O–H groups in total. The number of pyridine rings is 1. The van der Waals surface area contributed by atoms with Crippen LogP contribution in [0.3, 0.4) is 0 Å². The number of nitrogens with zero attached hydrogens (tertiary/aromatic N) is 1. The second-order valence-corrected chi connectivity index (χ2v) is 6.57. The molecule has 7 heteroatoms. The molecule has 27 heavy (non-hydrogen) atoms. The summed E-state index contributed by atoms with van der Waals surface area (Å²) in [4.78, 5) is 27.8. The molecule has 0 aliphatic heterocycles. The number of benzene rings is 2. The number of ether oxygens (including phenoxy) is 1. The third-order valence-corrected chi connectivity index (χ3v) is 4.26.